The Morgan fingerprint density at radius 3 is 2.59 bits per heavy atom. The Morgan fingerprint density at radius 1 is 1.38 bits per heavy atom. The van der Waals surface area contributed by atoms with Gasteiger partial charge in [-0.05, 0) is 65.9 Å². The van der Waals surface area contributed by atoms with Crippen LogP contribution < -0.4 is 4.90 Å². The van der Waals surface area contributed by atoms with Crippen LogP contribution in [0.3, 0.4) is 0 Å². The Labute approximate surface area is 178 Å². The van der Waals surface area contributed by atoms with Crippen LogP contribution in [0, 0.1) is 40.9 Å². The van der Waals surface area contributed by atoms with Crippen molar-refractivity contribution in [1.29, 1.82) is 0 Å². The maximum atomic E-state index is 13.4. The van der Waals surface area contributed by atoms with E-state index in [0.717, 1.165) is 37.0 Å². The highest BCUT2D eigenvalue weighted by Crippen LogP contribution is 2.43. The number of anilines is 1. The summed E-state index contributed by atoms with van der Waals surface area (Å²) in [5.41, 5.74) is 0.407. The first-order chi connectivity index (χ1) is 13.6. The quantitative estimate of drug-likeness (QED) is 0.495. The van der Waals surface area contributed by atoms with E-state index in [4.69, 9.17) is 11.2 Å². The number of esters is 1. The zero-order chi connectivity index (χ0) is 21.4. The van der Waals surface area contributed by atoms with Gasteiger partial charge in [0.15, 0.2) is 6.23 Å². The molecule has 0 saturated heterocycles. The van der Waals surface area contributed by atoms with E-state index >= 15 is 0 Å². The summed E-state index contributed by atoms with van der Waals surface area (Å²) >= 11 is 1.29. The van der Waals surface area contributed by atoms with Crippen LogP contribution in [-0.4, -0.2) is 18.1 Å². The Balaban J connectivity index is 1.87. The molecule has 0 spiro atoms. The number of carbonyl (C=O) groups excluding carboxylic acids is 2. The molecular weight excluding hydrogens is 382 g/mol. The molecule has 2 heterocycles. The number of nitrogens with zero attached hydrogens (tertiary/aromatic N) is 1. The number of fused-ring (bicyclic) bond motifs is 1. The number of rotatable bonds is 2. The number of carbonyl (C=O) groups is 2. The lowest BCUT2D eigenvalue weighted by Gasteiger charge is -2.39. The molecule has 1 unspecified atom stereocenters. The van der Waals surface area contributed by atoms with Gasteiger partial charge < -0.3 is 4.74 Å². The summed E-state index contributed by atoms with van der Waals surface area (Å²) in [5.74, 6) is 8.82. The molecule has 1 saturated carbocycles. The number of terminal acetylenes is 1. The van der Waals surface area contributed by atoms with E-state index in [9.17, 15) is 9.59 Å². The zero-order valence-corrected chi connectivity index (χ0v) is 18.7. The van der Waals surface area contributed by atoms with Crippen LogP contribution in [0.25, 0.3) is 0 Å². The minimum absolute atomic E-state index is 0.0149. The molecule has 29 heavy (non-hydrogen) atoms. The lowest BCUT2D eigenvalue weighted by atomic mass is 9.69. The largest absolute Gasteiger partial charge is 0.437 e. The molecule has 0 aromatic carbocycles. The molecule has 1 aliphatic heterocycles. The summed E-state index contributed by atoms with van der Waals surface area (Å²) in [7, 11) is 0. The summed E-state index contributed by atoms with van der Waals surface area (Å²) in [6.07, 6.45) is 9.33. The predicted molar refractivity (Wildman–Crippen MR) is 117 cm³/mol. The molecule has 1 aromatic rings. The summed E-state index contributed by atoms with van der Waals surface area (Å²) in [6, 6.07) is 1.86. The van der Waals surface area contributed by atoms with Gasteiger partial charge in [0.05, 0.1) is 10.6 Å². The van der Waals surface area contributed by atoms with Gasteiger partial charge >= 0.3 is 5.97 Å². The second-order valence-corrected chi connectivity index (χ2v) is 10.1. The Hall–Kier alpha value is -2.24. The number of hydrogen-bond donors (Lipinski definition) is 0. The monoisotopic (exact) mass is 411 g/mol. The van der Waals surface area contributed by atoms with Gasteiger partial charge in [0.25, 0.3) is 0 Å². The van der Waals surface area contributed by atoms with Crippen LogP contribution in [-0.2, 0) is 9.53 Å². The second-order valence-electron chi connectivity index (χ2n) is 9.09. The normalized spacial score (nSPS) is 26.6. The fraction of sp³-hybridized carbons (Fsp3) is 0.583. The van der Waals surface area contributed by atoms with E-state index in [1.54, 1.807) is 11.8 Å². The van der Waals surface area contributed by atoms with Crippen molar-refractivity contribution >= 4 is 28.9 Å². The van der Waals surface area contributed by atoms with Gasteiger partial charge in [-0.1, -0.05) is 24.7 Å². The first kappa shape index (κ1) is 21.5. The molecular formula is C24H29NO3S. The minimum Gasteiger partial charge on any atom is -0.437 e. The maximum Gasteiger partial charge on any atom is 0.352 e. The van der Waals surface area contributed by atoms with E-state index in [1.165, 1.54) is 11.3 Å². The molecule has 3 rings (SSSR count). The van der Waals surface area contributed by atoms with Crippen molar-refractivity contribution in [2.75, 3.05) is 4.90 Å². The van der Waals surface area contributed by atoms with Gasteiger partial charge in [0, 0.05) is 16.7 Å². The van der Waals surface area contributed by atoms with Gasteiger partial charge in [0.2, 0.25) is 5.91 Å². The third-order valence-electron chi connectivity index (χ3n) is 5.87. The van der Waals surface area contributed by atoms with Crippen LogP contribution >= 0.6 is 11.3 Å². The SMILES string of the molecule is C#CC1(CC)CCC(C(=O)N2c3cc(C#CC(C)(C)C)sc3C(=O)OC2C)CC1. The molecule has 1 atom stereocenters. The molecule has 5 heteroatoms. The molecule has 1 aliphatic carbocycles. The number of thiophene rings is 1. The van der Waals surface area contributed by atoms with Gasteiger partial charge in [-0.3, -0.25) is 9.69 Å². The van der Waals surface area contributed by atoms with Crippen LogP contribution in [0.15, 0.2) is 6.07 Å². The first-order valence-corrected chi connectivity index (χ1v) is 11.1. The highest BCUT2D eigenvalue weighted by Gasteiger charge is 2.41. The van der Waals surface area contributed by atoms with Crippen LogP contribution in [0.2, 0.25) is 0 Å². The summed E-state index contributed by atoms with van der Waals surface area (Å²) < 4.78 is 5.48. The van der Waals surface area contributed by atoms with E-state index < -0.39 is 6.23 Å². The summed E-state index contributed by atoms with van der Waals surface area (Å²) in [6.45, 7) is 9.98. The predicted octanol–water partition coefficient (Wildman–Crippen LogP) is 5.21. The van der Waals surface area contributed by atoms with Gasteiger partial charge in [-0.2, -0.15) is 0 Å². The minimum atomic E-state index is -0.619. The van der Waals surface area contributed by atoms with Gasteiger partial charge in [0.1, 0.15) is 4.88 Å². The Kier molecular flexibility index (Phi) is 5.84. The zero-order valence-electron chi connectivity index (χ0n) is 17.9. The Morgan fingerprint density at radius 2 is 2.03 bits per heavy atom. The summed E-state index contributed by atoms with van der Waals surface area (Å²) in [4.78, 5) is 28.7. The fourth-order valence-corrected chi connectivity index (χ4v) is 4.87. The average Bonchev–Trinajstić information content (AvgIpc) is 3.10. The van der Waals surface area contributed by atoms with Gasteiger partial charge in [-0.25, -0.2) is 4.79 Å². The highest BCUT2D eigenvalue weighted by molar-refractivity contribution is 7.15. The smallest absolute Gasteiger partial charge is 0.352 e. The number of hydrogen-bond acceptors (Lipinski definition) is 4. The molecule has 154 valence electrons. The maximum absolute atomic E-state index is 13.4. The van der Waals surface area contributed by atoms with E-state index in [1.807, 2.05) is 26.8 Å². The molecule has 4 nitrogen and oxygen atoms in total. The second kappa shape index (κ2) is 7.88. The van der Waals surface area contributed by atoms with Crippen LogP contribution in [0.5, 0.6) is 0 Å². The molecule has 1 fully saturated rings. The lowest BCUT2D eigenvalue weighted by molar-refractivity contribution is -0.126. The van der Waals surface area contributed by atoms with Crippen molar-refractivity contribution in [3.8, 4) is 24.2 Å². The van der Waals surface area contributed by atoms with Crippen LogP contribution in [0.1, 0.15) is 81.3 Å². The average molecular weight is 412 g/mol. The van der Waals surface area contributed by atoms with Crippen LogP contribution in [0.4, 0.5) is 5.69 Å². The lowest BCUT2D eigenvalue weighted by Crippen LogP contribution is -2.48. The van der Waals surface area contributed by atoms with Crippen molar-refractivity contribution in [1.82, 2.24) is 0 Å². The molecule has 0 N–H and O–H groups in total. The van der Waals surface area contributed by atoms with Crippen molar-refractivity contribution in [3.63, 3.8) is 0 Å². The molecule has 1 aromatic heterocycles. The van der Waals surface area contributed by atoms with Crippen molar-refractivity contribution in [3.05, 3.63) is 15.8 Å². The third-order valence-corrected chi connectivity index (χ3v) is 6.89. The number of amides is 1. The standard InChI is InChI=1S/C24H29NO3S/c1-7-24(8-2)13-9-17(10-14-24)21(26)25-16(3)28-22(27)20-19(25)15-18(29-20)11-12-23(4,5)6/h1,15-17H,8-10,13-14H2,2-6H3. The van der Waals surface area contributed by atoms with E-state index in [-0.39, 0.29) is 28.6 Å². The molecule has 2 aliphatic rings. The van der Waals surface area contributed by atoms with E-state index in [0.29, 0.717) is 10.6 Å². The number of ether oxygens (including phenoxy) is 1. The number of cyclic esters (lactones) is 1. The highest BCUT2D eigenvalue weighted by atomic mass is 32.1. The summed E-state index contributed by atoms with van der Waals surface area (Å²) in [5, 5.41) is 0. The molecule has 0 radical (unpaired) electrons. The van der Waals surface area contributed by atoms with Crippen molar-refractivity contribution in [2.24, 2.45) is 16.7 Å². The van der Waals surface area contributed by atoms with E-state index in [2.05, 4.69) is 24.7 Å². The van der Waals surface area contributed by atoms with Crippen molar-refractivity contribution in [2.45, 2.75) is 73.0 Å². The molecule has 1 amide bonds. The molecule has 0 bridgehead atoms. The fourth-order valence-electron chi connectivity index (χ4n) is 3.99. The first-order valence-electron chi connectivity index (χ1n) is 10.3. The van der Waals surface area contributed by atoms with Crippen molar-refractivity contribution < 1.29 is 14.3 Å². The third kappa shape index (κ3) is 4.36. The van der Waals surface area contributed by atoms with Gasteiger partial charge in [-0.15, -0.1) is 17.8 Å². The Bertz CT molecular complexity index is 911. The topological polar surface area (TPSA) is 46.6 Å².